The fraction of sp³-hybridized carbons (Fsp3) is 0.688. The molecule has 5 nitrogen and oxygen atoms in total. The zero-order valence-electron chi connectivity index (χ0n) is 13.2. The summed E-state index contributed by atoms with van der Waals surface area (Å²) in [5.74, 6) is -0.182. The predicted octanol–water partition coefficient (Wildman–Crippen LogP) is 2.00. The van der Waals surface area contributed by atoms with Crippen molar-refractivity contribution < 1.29 is 10.2 Å². The molecule has 5 heteroatoms. The molecule has 0 radical (unpaired) electrons. The monoisotopic (exact) mass is 294 g/mol. The average Bonchev–Trinajstić information content (AvgIpc) is 2.45. The van der Waals surface area contributed by atoms with Crippen LogP contribution in [0.4, 0.5) is 0 Å². The summed E-state index contributed by atoms with van der Waals surface area (Å²) in [4.78, 5) is 14.2. The second kappa shape index (κ2) is 6.62. The van der Waals surface area contributed by atoms with E-state index in [4.69, 9.17) is 0 Å². The third kappa shape index (κ3) is 3.30. The molecule has 1 fully saturated rings. The van der Waals surface area contributed by atoms with Gasteiger partial charge in [0, 0.05) is 30.4 Å². The smallest absolute Gasteiger partial charge is 0.223 e. The number of likely N-dealkylation sites (tertiary alicyclic amines) is 1. The molecule has 2 N–H and O–H groups in total. The van der Waals surface area contributed by atoms with Crippen LogP contribution in [0.25, 0.3) is 0 Å². The molecule has 2 heterocycles. The molecule has 0 aliphatic carbocycles. The van der Waals surface area contributed by atoms with Gasteiger partial charge in [-0.15, -0.1) is 0 Å². The molecule has 118 valence electrons. The van der Waals surface area contributed by atoms with E-state index >= 15 is 0 Å². The van der Waals surface area contributed by atoms with E-state index in [1.54, 1.807) is 0 Å². The van der Waals surface area contributed by atoms with E-state index in [1.165, 1.54) is 12.5 Å². The van der Waals surface area contributed by atoms with Gasteiger partial charge < -0.3 is 14.8 Å². The van der Waals surface area contributed by atoms with Gasteiger partial charge >= 0.3 is 0 Å². The molecular weight excluding hydrogens is 268 g/mol. The molecule has 1 aliphatic heterocycles. The number of aromatic nitrogens is 1. The highest BCUT2D eigenvalue weighted by molar-refractivity contribution is 5.30. The molecule has 1 aromatic heterocycles. The highest BCUT2D eigenvalue weighted by Crippen LogP contribution is 2.25. The topological polar surface area (TPSA) is 65.7 Å². The van der Waals surface area contributed by atoms with Crippen LogP contribution < -0.4 is 5.43 Å². The third-order valence-electron chi connectivity index (χ3n) is 4.38. The van der Waals surface area contributed by atoms with E-state index in [9.17, 15) is 15.0 Å². The van der Waals surface area contributed by atoms with Crippen molar-refractivity contribution in [3.8, 4) is 5.75 Å². The van der Waals surface area contributed by atoms with Crippen molar-refractivity contribution in [2.24, 2.45) is 0 Å². The summed E-state index contributed by atoms with van der Waals surface area (Å²) in [5, 5.41) is 19.7. The maximum absolute atomic E-state index is 11.9. The molecule has 21 heavy (non-hydrogen) atoms. The lowest BCUT2D eigenvalue weighted by Crippen LogP contribution is -2.38. The van der Waals surface area contributed by atoms with Gasteiger partial charge in [0.2, 0.25) is 5.43 Å². The average molecular weight is 294 g/mol. The Morgan fingerprint density at radius 1 is 1.38 bits per heavy atom. The predicted molar refractivity (Wildman–Crippen MR) is 82.4 cm³/mol. The number of hydrogen-bond acceptors (Lipinski definition) is 4. The Hall–Kier alpha value is -1.33. The van der Waals surface area contributed by atoms with E-state index < -0.39 is 5.43 Å². The number of aliphatic hydroxyl groups is 1. The second-order valence-electron chi connectivity index (χ2n) is 6.23. The van der Waals surface area contributed by atoms with Crippen molar-refractivity contribution in [2.75, 3.05) is 6.54 Å². The minimum Gasteiger partial charge on any atom is -0.503 e. The zero-order chi connectivity index (χ0) is 15.6. The van der Waals surface area contributed by atoms with Crippen LogP contribution >= 0.6 is 0 Å². The van der Waals surface area contributed by atoms with Crippen molar-refractivity contribution in [3.63, 3.8) is 0 Å². The molecule has 1 aliphatic rings. The van der Waals surface area contributed by atoms with E-state index in [-0.39, 0.29) is 18.4 Å². The first kappa shape index (κ1) is 16.0. The van der Waals surface area contributed by atoms with Crippen LogP contribution in [0.3, 0.4) is 0 Å². The van der Waals surface area contributed by atoms with Crippen LogP contribution in [0, 0.1) is 0 Å². The number of aliphatic hydroxyl groups excluding tert-OH is 1. The van der Waals surface area contributed by atoms with Gasteiger partial charge in [-0.3, -0.25) is 9.69 Å². The number of rotatable bonds is 4. The maximum atomic E-state index is 11.9. The van der Waals surface area contributed by atoms with Gasteiger partial charge in [-0.2, -0.15) is 0 Å². The van der Waals surface area contributed by atoms with Crippen LogP contribution in [0.2, 0.25) is 0 Å². The van der Waals surface area contributed by atoms with Crippen molar-refractivity contribution in [3.05, 3.63) is 27.7 Å². The first-order valence-corrected chi connectivity index (χ1v) is 7.76. The standard InChI is InChI=1S/C16H26N2O3/c1-11(2)18-13(10-19)8-15(20)16(21)14(18)9-17-7-5-4-6-12(17)3/h8,11-12,19,21H,4-7,9-10H2,1-3H3. The summed E-state index contributed by atoms with van der Waals surface area (Å²) in [6, 6.07) is 1.86. The summed E-state index contributed by atoms with van der Waals surface area (Å²) in [6.45, 7) is 7.50. The van der Waals surface area contributed by atoms with E-state index in [2.05, 4.69) is 11.8 Å². The highest BCUT2D eigenvalue weighted by atomic mass is 16.3. The fourth-order valence-corrected chi connectivity index (χ4v) is 3.22. The van der Waals surface area contributed by atoms with Gasteiger partial charge in [-0.05, 0) is 40.2 Å². The summed E-state index contributed by atoms with van der Waals surface area (Å²) < 4.78 is 1.89. The Labute approximate surface area is 125 Å². The fourth-order valence-electron chi connectivity index (χ4n) is 3.22. The number of piperidine rings is 1. The van der Waals surface area contributed by atoms with Gasteiger partial charge in [0.25, 0.3) is 0 Å². The Morgan fingerprint density at radius 2 is 2.10 bits per heavy atom. The Kier molecular flexibility index (Phi) is 5.06. The van der Waals surface area contributed by atoms with Gasteiger partial charge in [0.15, 0.2) is 5.75 Å². The van der Waals surface area contributed by atoms with E-state index in [0.29, 0.717) is 24.0 Å². The van der Waals surface area contributed by atoms with Crippen molar-refractivity contribution in [2.45, 2.75) is 65.3 Å². The SMILES string of the molecule is CC1CCCCN1Cc1c(O)c(=O)cc(CO)n1C(C)C. The lowest BCUT2D eigenvalue weighted by Gasteiger charge is -2.35. The molecule has 1 atom stereocenters. The molecule has 0 saturated carbocycles. The van der Waals surface area contributed by atoms with Gasteiger partial charge in [0.05, 0.1) is 12.3 Å². The number of pyridine rings is 1. The molecule has 1 unspecified atom stereocenters. The van der Waals surface area contributed by atoms with E-state index in [0.717, 1.165) is 19.4 Å². The van der Waals surface area contributed by atoms with Crippen molar-refractivity contribution in [1.82, 2.24) is 9.47 Å². The second-order valence-corrected chi connectivity index (χ2v) is 6.23. The molecule has 2 rings (SSSR count). The van der Waals surface area contributed by atoms with Crippen molar-refractivity contribution >= 4 is 0 Å². The normalized spacial score (nSPS) is 20.1. The molecule has 0 bridgehead atoms. The number of aromatic hydroxyl groups is 1. The van der Waals surface area contributed by atoms with Crippen molar-refractivity contribution in [1.29, 1.82) is 0 Å². The third-order valence-corrected chi connectivity index (χ3v) is 4.38. The molecule has 0 aromatic carbocycles. The number of hydrogen-bond donors (Lipinski definition) is 2. The minimum atomic E-state index is -0.407. The van der Waals surface area contributed by atoms with Gasteiger partial charge in [0.1, 0.15) is 0 Å². The van der Waals surface area contributed by atoms with Crippen LogP contribution in [-0.2, 0) is 13.2 Å². The zero-order valence-corrected chi connectivity index (χ0v) is 13.2. The van der Waals surface area contributed by atoms with Crippen LogP contribution in [0.1, 0.15) is 57.5 Å². The summed E-state index contributed by atoms with van der Waals surface area (Å²) in [6.07, 6.45) is 3.53. The largest absolute Gasteiger partial charge is 0.503 e. The minimum absolute atomic E-state index is 0.0775. The summed E-state index contributed by atoms with van der Waals surface area (Å²) >= 11 is 0. The lowest BCUT2D eigenvalue weighted by molar-refractivity contribution is 0.145. The van der Waals surface area contributed by atoms with Gasteiger partial charge in [-0.1, -0.05) is 6.42 Å². The molecule has 1 saturated heterocycles. The molecule has 0 amide bonds. The molecular formula is C16H26N2O3. The Morgan fingerprint density at radius 3 is 2.67 bits per heavy atom. The summed E-state index contributed by atoms with van der Waals surface area (Å²) in [7, 11) is 0. The molecule has 1 aromatic rings. The quantitative estimate of drug-likeness (QED) is 0.891. The molecule has 0 spiro atoms. The maximum Gasteiger partial charge on any atom is 0.223 e. The number of nitrogens with zero attached hydrogens (tertiary/aromatic N) is 2. The van der Waals surface area contributed by atoms with Crippen LogP contribution in [0.15, 0.2) is 10.9 Å². The summed E-state index contributed by atoms with van der Waals surface area (Å²) in [5.41, 5.74) is 0.776. The van der Waals surface area contributed by atoms with Gasteiger partial charge in [-0.25, -0.2) is 0 Å². The first-order valence-electron chi connectivity index (χ1n) is 7.76. The first-order chi connectivity index (χ1) is 9.95. The highest BCUT2D eigenvalue weighted by Gasteiger charge is 2.23. The Balaban J connectivity index is 2.45. The van der Waals surface area contributed by atoms with Crippen LogP contribution in [-0.4, -0.2) is 32.3 Å². The lowest BCUT2D eigenvalue weighted by atomic mass is 10.0. The van der Waals surface area contributed by atoms with E-state index in [1.807, 2.05) is 18.4 Å². The Bertz CT molecular complexity index is 551. The van der Waals surface area contributed by atoms with Crippen LogP contribution in [0.5, 0.6) is 5.75 Å².